The molecule has 6 heteroatoms. The molecule has 1 amide bonds. The lowest BCUT2D eigenvalue weighted by atomic mass is 10.0. The number of carbonyl (C=O) groups excluding carboxylic acids is 1. The molecule has 2 aliphatic heterocycles. The Bertz CT molecular complexity index is 527. The van der Waals surface area contributed by atoms with Gasteiger partial charge in [-0.05, 0) is 40.9 Å². The molecule has 0 radical (unpaired) electrons. The first-order valence-electron chi connectivity index (χ1n) is 6.79. The largest absolute Gasteiger partial charge is 0.486 e. The molecule has 1 saturated heterocycles. The Labute approximate surface area is 126 Å². The first-order valence-corrected chi connectivity index (χ1v) is 7.58. The Hall–Kier alpha value is -1.27. The second-order valence-corrected chi connectivity index (χ2v) is 5.97. The zero-order chi connectivity index (χ0) is 14.1. The number of nitrogens with zero attached hydrogens (tertiary/aromatic N) is 1. The van der Waals surface area contributed by atoms with Crippen molar-refractivity contribution in [3.05, 3.63) is 22.2 Å². The van der Waals surface area contributed by atoms with Crippen LogP contribution in [0.25, 0.3) is 0 Å². The number of piperidine rings is 1. The zero-order valence-corrected chi connectivity index (χ0v) is 12.7. The van der Waals surface area contributed by atoms with Crippen LogP contribution in [0.4, 0.5) is 0 Å². The van der Waals surface area contributed by atoms with E-state index in [1.807, 2.05) is 4.90 Å². The van der Waals surface area contributed by atoms with E-state index in [1.54, 1.807) is 12.1 Å². The summed E-state index contributed by atoms with van der Waals surface area (Å²) in [6.07, 6.45) is 1.72. The van der Waals surface area contributed by atoms with E-state index in [-0.39, 0.29) is 11.9 Å². The fourth-order valence-corrected chi connectivity index (χ4v) is 3.08. The third-order valence-corrected chi connectivity index (χ3v) is 4.26. The predicted octanol–water partition coefficient (Wildman–Crippen LogP) is 1.78. The van der Waals surface area contributed by atoms with Crippen LogP contribution in [0.3, 0.4) is 0 Å². The van der Waals surface area contributed by atoms with Gasteiger partial charge >= 0.3 is 0 Å². The molecule has 0 aliphatic carbocycles. The lowest BCUT2D eigenvalue weighted by Crippen LogP contribution is -2.42. The van der Waals surface area contributed by atoms with Crippen molar-refractivity contribution in [2.45, 2.75) is 18.9 Å². The van der Waals surface area contributed by atoms with E-state index in [0.717, 1.165) is 17.3 Å². The summed E-state index contributed by atoms with van der Waals surface area (Å²) in [6, 6.07) is 3.77. The Morgan fingerprint density at radius 3 is 2.70 bits per heavy atom. The lowest BCUT2D eigenvalue weighted by molar-refractivity contribution is 0.0713. The number of benzene rings is 1. The maximum atomic E-state index is 12.5. The fraction of sp³-hybridized carbons (Fsp3) is 0.500. The van der Waals surface area contributed by atoms with Crippen molar-refractivity contribution in [1.29, 1.82) is 0 Å². The molecule has 108 valence electrons. The van der Waals surface area contributed by atoms with Crippen molar-refractivity contribution < 1.29 is 14.3 Å². The maximum Gasteiger partial charge on any atom is 0.254 e. The highest BCUT2D eigenvalue weighted by Crippen LogP contribution is 2.38. The van der Waals surface area contributed by atoms with Gasteiger partial charge in [-0.1, -0.05) is 0 Å². The average Bonchev–Trinajstić information content (AvgIpc) is 2.47. The first kappa shape index (κ1) is 13.7. The van der Waals surface area contributed by atoms with Gasteiger partial charge in [-0.15, -0.1) is 0 Å². The molecular weight excluding hydrogens is 324 g/mol. The van der Waals surface area contributed by atoms with Crippen LogP contribution >= 0.6 is 15.9 Å². The first-order chi connectivity index (χ1) is 9.65. The number of rotatable bonds is 1. The molecule has 0 saturated carbocycles. The smallest absolute Gasteiger partial charge is 0.254 e. The number of hydrogen-bond acceptors (Lipinski definition) is 4. The molecule has 1 fully saturated rings. The molecule has 0 atom stereocenters. The average molecular weight is 341 g/mol. The highest BCUT2D eigenvalue weighted by molar-refractivity contribution is 9.10. The van der Waals surface area contributed by atoms with Crippen LogP contribution in [-0.2, 0) is 0 Å². The summed E-state index contributed by atoms with van der Waals surface area (Å²) in [5.41, 5.74) is 6.49. The van der Waals surface area contributed by atoms with Gasteiger partial charge in [-0.2, -0.15) is 0 Å². The summed E-state index contributed by atoms with van der Waals surface area (Å²) in [4.78, 5) is 14.4. The lowest BCUT2D eigenvalue weighted by Gasteiger charge is -2.30. The van der Waals surface area contributed by atoms with E-state index in [0.29, 0.717) is 43.4 Å². The van der Waals surface area contributed by atoms with Gasteiger partial charge in [0.2, 0.25) is 0 Å². The highest BCUT2D eigenvalue weighted by atomic mass is 79.9. The van der Waals surface area contributed by atoms with Crippen LogP contribution in [-0.4, -0.2) is 43.2 Å². The Morgan fingerprint density at radius 1 is 1.25 bits per heavy atom. The van der Waals surface area contributed by atoms with Crippen molar-refractivity contribution in [3.8, 4) is 11.5 Å². The molecule has 0 unspecified atom stereocenters. The standard InChI is InChI=1S/C14H17BrN2O3/c15-11-7-9(8-12-13(11)20-6-5-19-12)14(18)17-3-1-10(16)2-4-17/h7-8,10H,1-6,16H2. The number of hydrogen-bond donors (Lipinski definition) is 1. The van der Waals surface area contributed by atoms with Gasteiger partial charge in [0.25, 0.3) is 5.91 Å². The monoisotopic (exact) mass is 340 g/mol. The van der Waals surface area contributed by atoms with Gasteiger partial charge in [0, 0.05) is 24.7 Å². The summed E-state index contributed by atoms with van der Waals surface area (Å²) in [6.45, 7) is 2.47. The Balaban J connectivity index is 1.83. The third-order valence-electron chi connectivity index (χ3n) is 3.67. The van der Waals surface area contributed by atoms with Crippen molar-refractivity contribution in [2.75, 3.05) is 26.3 Å². The van der Waals surface area contributed by atoms with Crippen molar-refractivity contribution in [2.24, 2.45) is 5.73 Å². The van der Waals surface area contributed by atoms with Gasteiger partial charge in [0.15, 0.2) is 11.5 Å². The molecule has 0 bridgehead atoms. The van der Waals surface area contributed by atoms with Crippen LogP contribution in [0.2, 0.25) is 0 Å². The molecule has 1 aromatic rings. The molecular formula is C14H17BrN2O3. The van der Waals surface area contributed by atoms with Crippen LogP contribution < -0.4 is 15.2 Å². The molecule has 2 N–H and O–H groups in total. The molecule has 20 heavy (non-hydrogen) atoms. The van der Waals surface area contributed by atoms with Crippen LogP contribution in [0.1, 0.15) is 23.2 Å². The number of fused-ring (bicyclic) bond motifs is 1. The van der Waals surface area contributed by atoms with E-state index in [9.17, 15) is 4.79 Å². The van der Waals surface area contributed by atoms with Gasteiger partial charge in [0.1, 0.15) is 13.2 Å². The summed E-state index contributed by atoms with van der Waals surface area (Å²) >= 11 is 3.44. The number of ether oxygens (including phenoxy) is 2. The number of amides is 1. The molecule has 3 rings (SSSR count). The summed E-state index contributed by atoms with van der Waals surface area (Å²) in [7, 11) is 0. The second-order valence-electron chi connectivity index (χ2n) is 5.11. The topological polar surface area (TPSA) is 64.8 Å². The Morgan fingerprint density at radius 2 is 1.95 bits per heavy atom. The van der Waals surface area contributed by atoms with E-state index < -0.39 is 0 Å². The van der Waals surface area contributed by atoms with Crippen molar-refractivity contribution >= 4 is 21.8 Å². The van der Waals surface area contributed by atoms with Gasteiger partial charge in [-0.25, -0.2) is 0 Å². The quantitative estimate of drug-likeness (QED) is 0.846. The predicted molar refractivity (Wildman–Crippen MR) is 78.2 cm³/mol. The van der Waals surface area contributed by atoms with Crippen LogP contribution in [0.15, 0.2) is 16.6 Å². The molecule has 5 nitrogen and oxygen atoms in total. The number of nitrogens with two attached hydrogens (primary N) is 1. The summed E-state index contributed by atoms with van der Waals surface area (Å²) < 4.78 is 11.8. The van der Waals surface area contributed by atoms with Crippen molar-refractivity contribution in [1.82, 2.24) is 4.90 Å². The minimum Gasteiger partial charge on any atom is -0.486 e. The van der Waals surface area contributed by atoms with Crippen molar-refractivity contribution in [3.63, 3.8) is 0 Å². The molecule has 0 aromatic heterocycles. The second kappa shape index (κ2) is 5.61. The van der Waals surface area contributed by atoms with Crippen LogP contribution in [0, 0.1) is 0 Å². The number of likely N-dealkylation sites (tertiary alicyclic amines) is 1. The number of halogens is 1. The molecule has 0 spiro atoms. The minimum absolute atomic E-state index is 0.0228. The fourth-order valence-electron chi connectivity index (χ4n) is 2.52. The van der Waals surface area contributed by atoms with Gasteiger partial charge in [0.05, 0.1) is 4.47 Å². The molecule has 1 aromatic carbocycles. The number of carbonyl (C=O) groups is 1. The summed E-state index contributed by atoms with van der Waals surface area (Å²) in [5, 5.41) is 0. The maximum absolute atomic E-state index is 12.5. The zero-order valence-electron chi connectivity index (χ0n) is 11.1. The Kier molecular flexibility index (Phi) is 3.85. The third kappa shape index (κ3) is 2.62. The molecule has 2 aliphatic rings. The molecule has 2 heterocycles. The summed E-state index contributed by atoms with van der Waals surface area (Å²) in [5.74, 6) is 1.32. The highest BCUT2D eigenvalue weighted by Gasteiger charge is 2.24. The van der Waals surface area contributed by atoms with Gasteiger partial charge in [-0.3, -0.25) is 4.79 Å². The van der Waals surface area contributed by atoms with E-state index in [1.165, 1.54) is 0 Å². The van der Waals surface area contributed by atoms with E-state index in [2.05, 4.69) is 15.9 Å². The van der Waals surface area contributed by atoms with E-state index in [4.69, 9.17) is 15.2 Å². The van der Waals surface area contributed by atoms with Gasteiger partial charge < -0.3 is 20.1 Å². The normalized spacial score (nSPS) is 19.0. The van der Waals surface area contributed by atoms with Crippen LogP contribution in [0.5, 0.6) is 11.5 Å². The minimum atomic E-state index is 0.0228. The van der Waals surface area contributed by atoms with E-state index >= 15 is 0 Å². The SMILES string of the molecule is NC1CCN(C(=O)c2cc(Br)c3c(c2)OCCO3)CC1.